The van der Waals surface area contributed by atoms with Gasteiger partial charge in [0, 0.05) is 0 Å². The fourth-order valence-corrected chi connectivity index (χ4v) is 1.27. The Morgan fingerprint density at radius 3 is 2.13 bits per heavy atom. The molecule has 0 spiro atoms. The van der Waals surface area contributed by atoms with Gasteiger partial charge in [0.25, 0.3) is 0 Å². The van der Waals surface area contributed by atoms with Crippen molar-refractivity contribution in [1.29, 1.82) is 0 Å². The molecule has 0 radical (unpaired) electrons. The molecule has 1 aromatic carbocycles. The topological polar surface area (TPSA) is 65.0 Å². The van der Waals surface area contributed by atoms with Crippen LogP contribution in [0.4, 0.5) is 0 Å². The van der Waals surface area contributed by atoms with Crippen LogP contribution in [-0.4, -0.2) is 32.7 Å². The molecule has 1 rings (SSSR count). The van der Waals surface area contributed by atoms with Gasteiger partial charge in [-0.25, -0.2) is 0 Å². The Labute approximate surface area is 87.2 Å². The highest BCUT2D eigenvalue weighted by Crippen LogP contribution is 2.45. The first-order chi connectivity index (χ1) is 7.19. The minimum absolute atomic E-state index is 0.0824. The van der Waals surface area contributed by atoms with E-state index in [0.29, 0.717) is 6.29 Å². The molecule has 0 amide bonds. The van der Waals surface area contributed by atoms with Crippen molar-refractivity contribution < 1.29 is 24.1 Å². The molecule has 0 saturated carbocycles. The molecule has 0 unspecified atom stereocenters. The first kappa shape index (κ1) is 11.2. The summed E-state index contributed by atoms with van der Waals surface area (Å²) < 4.78 is 14.8. The zero-order chi connectivity index (χ0) is 11.4. The largest absolute Gasteiger partial charge is 0.502 e. The third-order valence-corrected chi connectivity index (χ3v) is 1.96. The van der Waals surface area contributed by atoms with Crippen LogP contribution in [0.1, 0.15) is 10.4 Å². The van der Waals surface area contributed by atoms with Crippen LogP contribution in [0, 0.1) is 0 Å². The van der Waals surface area contributed by atoms with Gasteiger partial charge in [-0.1, -0.05) is 0 Å². The molecule has 1 N–H and O–H groups in total. The van der Waals surface area contributed by atoms with Crippen LogP contribution in [0.15, 0.2) is 6.07 Å². The molecule has 0 aliphatic rings. The van der Waals surface area contributed by atoms with E-state index in [0.717, 1.165) is 0 Å². The van der Waals surface area contributed by atoms with Gasteiger partial charge in [0.15, 0.2) is 17.8 Å². The zero-order valence-corrected chi connectivity index (χ0v) is 8.73. The number of rotatable bonds is 4. The quantitative estimate of drug-likeness (QED) is 0.760. The standard InChI is InChI=1S/C10H12O5/c1-13-7-4-6(5-11)9(14-2)10(15-3)8(7)12/h4-5,12H,1-3H3. The van der Waals surface area contributed by atoms with Crippen molar-refractivity contribution in [3.05, 3.63) is 11.6 Å². The second kappa shape index (κ2) is 4.54. The molecule has 0 atom stereocenters. The molecule has 0 aliphatic heterocycles. The van der Waals surface area contributed by atoms with E-state index in [4.69, 9.17) is 14.2 Å². The Balaban J connectivity index is 3.49. The minimum Gasteiger partial charge on any atom is -0.502 e. The second-order valence-electron chi connectivity index (χ2n) is 2.70. The van der Waals surface area contributed by atoms with Crippen molar-refractivity contribution in [2.24, 2.45) is 0 Å². The lowest BCUT2D eigenvalue weighted by molar-refractivity contribution is 0.111. The molecule has 15 heavy (non-hydrogen) atoms. The van der Waals surface area contributed by atoms with Gasteiger partial charge in [-0.2, -0.15) is 0 Å². The van der Waals surface area contributed by atoms with E-state index in [9.17, 15) is 9.90 Å². The molecular weight excluding hydrogens is 200 g/mol. The molecule has 0 aromatic heterocycles. The predicted molar refractivity (Wildman–Crippen MR) is 53.2 cm³/mol. The Morgan fingerprint density at radius 2 is 1.73 bits per heavy atom. The summed E-state index contributed by atoms with van der Waals surface area (Å²) >= 11 is 0. The fraction of sp³-hybridized carbons (Fsp3) is 0.300. The number of aromatic hydroxyl groups is 1. The first-order valence-electron chi connectivity index (χ1n) is 4.16. The van der Waals surface area contributed by atoms with Crippen LogP contribution >= 0.6 is 0 Å². The van der Waals surface area contributed by atoms with Crippen LogP contribution in [0.25, 0.3) is 0 Å². The van der Waals surface area contributed by atoms with Gasteiger partial charge in [-0.15, -0.1) is 0 Å². The average Bonchev–Trinajstić information content (AvgIpc) is 2.28. The number of aldehydes is 1. The number of ether oxygens (including phenoxy) is 3. The Hall–Kier alpha value is -1.91. The van der Waals surface area contributed by atoms with Gasteiger partial charge in [0.1, 0.15) is 0 Å². The summed E-state index contributed by atoms with van der Waals surface area (Å²) in [4.78, 5) is 10.8. The van der Waals surface area contributed by atoms with Crippen LogP contribution < -0.4 is 14.2 Å². The molecule has 0 aliphatic carbocycles. The van der Waals surface area contributed by atoms with Crippen molar-refractivity contribution in [1.82, 2.24) is 0 Å². The normalized spacial score (nSPS) is 9.53. The van der Waals surface area contributed by atoms with Crippen LogP contribution in [0.5, 0.6) is 23.0 Å². The zero-order valence-electron chi connectivity index (χ0n) is 8.73. The Bertz CT molecular complexity index is 373. The number of carbonyl (C=O) groups excluding carboxylic acids is 1. The summed E-state index contributed by atoms with van der Waals surface area (Å²) in [5.41, 5.74) is 0.254. The Morgan fingerprint density at radius 1 is 1.13 bits per heavy atom. The summed E-state index contributed by atoms with van der Waals surface area (Å²) in [6.07, 6.45) is 0.601. The molecule has 0 bridgehead atoms. The van der Waals surface area contributed by atoms with E-state index in [1.165, 1.54) is 27.4 Å². The molecule has 5 heteroatoms. The highest BCUT2D eigenvalue weighted by atomic mass is 16.5. The van der Waals surface area contributed by atoms with E-state index < -0.39 is 0 Å². The number of hydrogen-bond acceptors (Lipinski definition) is 5. The third-order valence-electron chi connectivity index (χ3n) is 1.96. The van der Waals surface area contributed by atoms with Gasteiger partial charge < -0.3 is 19.3 Å². The highest BCUT2D eigenvalue weighted by Gasteiger charge is 2.19. The van der Waals surface area contributed by atoms with E-state index >= 15 is 0 Å². The number of carbonyl (C=O) groups is 1. The summed E-state index contributed by atoms with van der Waals surface area (Å²) in [7, 11) is 4.14. The average molecular weight is 212 g/mol. The number of hydrogen-bond donors (Lipinski definition) is 1. The van der Waals surface area contributed by atoms with Gasteiger partial charge in [-0.3, -0.25) is 4.79 Å². The number of methoxy groups -OCH3 is 3. The molecule has 0 heterocycles. The second-order valence-corrected chi connectivity index (χ2v) is 2.70. The maximum absolute atomic E-state index is 10.8. The number of benzene rings is 1. The molecule has 0 saturated heterocycles. The predicted octanol–water partition coefficient (Wildman–Crippen LogP) is 1.23. The van der Waals surface area contributed by atoms with Gasteiger partial charge in [0.2, 0.25) is 11.5 Å². The highest BCUT2D eigenvalue weighted by molar-refractivity contribution is 5.84. The van der Waals surface area contributed by atoms with E-state index in [1.807, 2.05) is 0 Å². The molecular formula is C10H12O5. The van der Waals surface area contributed by atoms with Crippen molar-refractivity contribution >= 4 is 6.29 Å². The number of phenolic OH excluding ortho intramolecular Hbond substituents is 1. The minimum atomic E-state index is -0.192. The summed E-state index contributed by atoms with van der Waals surface area (Å²) in [5, 5.41) is 9.67. The Kier molecular flexibility index (Phi) is 3.38. The maximum Gasteiger partial charge on any atom is 0.207 e. The van der Waals surface area contributed by atoms with Gasteiger partial charge in [0.05, 0.1) is 26.9 Å². The van der Waals surface area contributed by atoms with Gasteiger partial charge >= 0.3 is 0 Å². The van der Waals surface area contributed by atoms with Crippen LogP contribution in [-0.2, 0) is 0 Å². The SMILES string of the molecule is COc1cc(C=O)c(OC)c(OC)c1O. The van der Waals surface area contributed by atoms with Gasteiger partial charge in [-0.05, 0) is 6.07 Å². The van der Waals surface area contributed by atoms with Crippen molar-refractivity contribution in [3.63, 3.8) is 0 Å². The lowest BCUT2D eigenvalue weighted by Gasteiger charge is -2.13. The van der Waals surface area contributed by atoms with Crippen LogP contribution in [0.3, 0.4) is 0 Å². The van der Waals surface area contributed by atoms with Crippen molar-refractivity contribution in [2.75, 3.05) is 21.3 Å². The molecule has 1 aromatic rings. The summed E-state index contributed by atoms with van der Waals surface area (Å²) in [6.45, 7) is 0. The summed E-state index contributed by atoms with van der Waals surface area (Å²) in [5.74, 6) is 0.238. The van der Waals surface area contributed by atoms with E-state index in [1.54, 1.807) is 0 Å². The molecule has 82 valence electrons. The van der Waals surface area contributed by atoms with E-state index in [-0.39, 0.29) is 28.6 Å². The molecule has 0 fully saturated rings. The third kappa shape index (κ3) is 1.81. The van der Waals surface area contributed by atoms with Crippen LogP contribution in [0.2, 0.25) is 0 Å². The van der Waals surface area contributed by atoms with Crippen molar-refractivity contribution in [2.45, 2.75) is 0 Å². The van der Waals surface area contributed by atoms with E-state index in [2.05, 4.69) is 0 Å². The smallest absolute Gasteiger partial charge is 0.207 e. The molecule has 5 nitrogen and oxygen atoms in total. The monoisotopic (exact) mass is 212 g/mol. The summed E-state index contributed by atoms with van der Waals surface area (Å²) in [6, 6.07) is 1.38. The van der Waals surface area contributed by atoms with Crippen molar-refractivity contribution in [3.8, 4) is 23.0 Å². The first-order valence-corrected chi connectivity index (χ1v) is 4.16. The maximum atomic E-state index is 10.8. The fourth-order valence-electron chi connectivity index (χ4n) is 1.27. The number of phenols is 1. The lowest BCUT2D eigenvalue weighted by atomic mass is 10.1. The lowest BCUT2D eigenvalue weighted by Crippen LogP contribution is -1.97.